The smallest absolute Gasteiger partial charge is 0.143 e. The van der Waals surface area contributed by atoms with Gasteiger partial charge in [0.1, 0.15) is 5.75 Å². The van der Waals surface area contributed by atoms with Gasteiger partial charge in [0, 0.05) is 37.8 Å². The lowest BCUT2D eigenvalue weighted by Gasteiger charge is -2.36. The number of phenols is 1. The summed E-state index contributed by atoms with van der Waals surface area (Å²) in [6, 6.07) is 3.89. The Balaban J connectivity index is 0.00000200. The molecule has 1 fully saturated rings. The van der Waals surface area contributed by atoms with Crippen molar-refractivity contribution in [3.8, 4) is 5.75 Å². The standard InChI is InChI=1S/C15H23N3O.2ClH/c1-3-4-13(18-9-7-17-8-10-18)14-11(2)5-6-12(16)15(14)19;;/h3,5-6,13,17,19H,1,4,7-10,16H2,2H3;2*1H/t13-;;/m1../s1. The number of aryl methyl sites for hydroxylation is 1. The quantitative estimate of drug-likeness (QED) is 0.450. The minimum absolute atomic E-state index is 0. The van der Waals surface area contributed by atoms with Crippen LogP contribution in [0.5, 0.6) is 5.75 Å². The van der Waals surface area contributed by atoms with Gasteiger partial charge in [-0.05, 0) is 25.0 Å². The molecule has 1 aliphatic heterocycles. The third-order valence-corrected chi connectivity index (χ3v) is 3.78. The second-order valence-corrected chi connectivity index (χ2v) is 5.06. The van der Waals surface area contributed by atoms with Crippen LogP contribution in [0.25, 0.3) is 0 Å². The van der Waals surface area contributed by atoms with Gasteiger partial charge in [0.2, 0.25) is 0 Å². The number of anilines is 1. The lowest BCUT2D eigenvalue weighted by Crippen LogP contribution is -2.45. The molecule has 1 heterocycles. The molecule has 0 aromatic heterocycles. The van der Waals surface area contributed by atoms with E-state index in [-0.39, 0.29) is 36.6 Å². The lowest BCUT2D eigenvalue weighted by atomic mass is 9.95. The third-order valence-electron chi connectivity index (χ3n) is 3.78. The lowest BCUT2D eigenvalue weighted by molar-refractivity contribution is 0.171. The summed E-state index contributed by atoms with van der Waals surface area (Å²) in [6.07, 6.45) is 2.73. The molecule has 4 N–H and O–H groups in total. The van der Waals surface area contributed by atoms with E-state index in [9.17, 15) is 5.11 Å². The van der Waals surface area contributed by atoms with Gasteiger partial charge in [-0.25, -0.2) is 0 Å². The Hall–Kier alpha value is -0.940. The average molecular weight is 334 g/mol. The van der Waals surface area contributed by atoms with Crippen LogP contribution in [0.1, 0.15) is 23.6 Å². The Bertz CT molecular complexity index is 462. The number of benzene rings is 1. The van der Waals surface area contributed by atoms with Gasteiger partial charge in [-0.1, -0.05) is 12.1 Å². The van der Waals surface area contributed by atoms with Gasteiger partial charge in [0.05, 0.1) is 5.69 Å². The molecule has 0 amide bonds. The molecule has 1 aromatic rings. The van der Waals surface area contributed by atoms with E-state index in [1.165, 1.54) is 0 Å². The molecule has 1 aromatic carbocycles. The molecule has 6 heteroatoms. The molecule has 0 aliphatic carbocycles. The molecule has 4 nitrogen and oxygen atoms in total. The molecular weight excluding hydrogens is 309 g/mol. The topological polar surface area (TPSA) is 61.5 Å². The first-order valence-electron chi connectivity index (χ1n) is 6.78. The first-order valence-corrected chi connectivity index (χ1v) is 6.78. The van der Waals surface area contributed by atoms with Gasteiger partial charge in [-0.2, -0.15) is 0 Å². The van der Waals surface area contributed by atoms with E-state index < -0.39 is 0 Å². The van der Waals surface area contributed by atoms with Crippen molar-refractivity contribution < 1.29 is 5.11 Å². The first-order chi connectivity index (χ1) is 9.15. The van der Waals surface area contributed by atoms with Crippen molar-refractivity contribution in [3.63, 3.8) is 0 Å². The maximum atomic E-state index is 10.3. The van der Waals surface area contributed by atoms with Crippen LogP contribution in [-0.2, 0) is 0 Å². The molecule has 21 heavy (non-hydrogen) atoms. The normalized spacial score (nSPS) is 16.4. The summed E-state index contributed by atoms with van der Waals surface area (Å²) >= 11 is 0. The molecular formula is C15H25Cl2N3O. The number of nitrogens with two attached hydrogens (primary N) is 1. The van der Waals surface area contributed by atoms with Gasteiger partial charge < -0.3 is 16.2 Å². The Labute approximate surface area is 139 Å². The minimum Gasteiger partial charge on any atom is -0.505 e. The largest absolute Gasteiger partial charge is 0.505 e. The molecule has 0 unspecified atom stereocenters. The summed E-state index contributed by atoms with van der Waals surface area (Å²) in [5, 5.41) is 13.7. The van der Waals surface area contributed by atoms with Gasteiger partial charge in [0.25, 0.3) is 0 Å². The third kappa shape index (κ3) is 4.51. The second-order valence-electron chi connectivity index (χ2n) is 5.06. The number of hydrogen-bond acceptors (Lipinski definition) is 4. The van der Waals surface area contributed by atoms with E-state index in [0.717, 1.165) is 43.7 Å². The Morgan fingerprint density at radius 2 is 2.00 bits per heavy atom. The van der Waals surface area contributed by atoms with Crippen LogP contribution >= 0.6 is 24.8 Å². The highest BCUT2D eigenvalue weighted by Crippen LogP contribution is 2.37. The van der Waals surface area contributed by atoms with Crippen LogP contribution in [0.15, 0.2) is 24.8 Å². The highest BCUT2D eigenvalue weighted by Gasteiger charge is 2.25. The fourth-order valence-corrected chi connectivity index (χ4v) is 2.75. The summed E-state index contributed by atoms with van der Waals surface area (Å²) in [7, 11) is 0. The van der Waals surface area contributed by atoms with E-state index in [0.29, 0.717) is 5.69 Å². The average Bonchev–Trinajstić information content (AvgIpc) is 2.43. The van der Waals surface area contributed by atoms with Gasteiger partial charge in [-0.3, -0.25) is 4.90 Å². The zero-order valence-electron chi connectivity index (χ0n) is 12.3. The summed E-state index contributed by atoms with van der Waals surface area (Å²) in [4.78, 5) is 2.39. The van der Waals surface area contributed by atoms with Crippen LogP contribution in [0.2, 0.25) is 0 Å². The predicted octanol–water partition coefficient (Wildman–Crippen LogP) is 2.65. The number of phenolic OH excluding ortho intramolecular Hbond substituents is 1. The molecule has 1 aliphatic rings. The Morgan fingerprint density at radius 3 is 2.57 bits per heavy atom. The fraction of sp³-hybridized carbons (Fsp3) is 0.467. The van der Waals surface area contributed by atoms with Gasteiger partial charge >= 0.3 is 0 Å². The highest BCUT2D eigenvalue weighted by molar-refractivity contribution is 5.85. The number of piperazine rings is 1. The van der Waals surface area contributed by atoms with E-state index in [1.807, 2.05) is 19.1 Å². The summed E-state index contributed by atoms with van der Waals surface area (Å²) in [5.41, 5.74) is 8.32. The van der Waals surface area contributed by atoms with Crippen molar-refractivity contribution in [3.05, 3.63) is 35.9 Å². The zero-order chi connectivity index (χ0) is 13.8. The Morgan fingerprint density at radius 1 is 1.38 bits per heavy atom. The summed E-state index contributed by atoms with van der Waals surface area (Å²) in [6.45, 7) is 9.79. The molecule has 1 saturated heterocycles. The van der Waals surface area contributed by atoms with Crippen LogP contribution in [-0.4, -0.2) is 36.2 Å². The molecule has 0 bridgehead atoms. The summed E-state index contributed by atoms with van der Waals surface area (Å²) < 4.78 is 0. The molecule has 0 radical (unpaired) electrons. The van der Waals surface area contributed by atoms with Crippen molar-refractivity contribution in [2.45, 2.75) is 19.4 Å². The number of nitrogen functional groups attached to an aromatic ring is 1. The number of nitrogens with zero attached hydrogens (tertiary/aromatic N) is 1. The molecule has 0 spiro atoms. The predicted molar refractivity (Wildman–Crippen MR) is 93.7 cm³/mol. The first kappa shape index (κ1) is 20.1. The van der Waals surface area contributed by atoms with Crippen LogP contribution in [0.4, 0.5) is 5.69 Å². The molecule has 0 saturated carbocycles. The van der Waals surface area contributed by atoms with Crippen molar-refractivity contribution >= 4 is 30.5 Å². The number of hydrogen-bond donors (Lipinski definition) is 3. The number of halogens is 2. The van der Waals surface area contributed by atoms with E-state index in [1.54, 1.807) is 6.07 Å². The van der Waals surface area contributed by atoms with E-state index in [2.05, 4.69) is 16.8 Å². The fourth-order valence-electron chi connectivity index (χ4n) is 2.75. The molecule has 2 rings (SSSR count). The number of nitrogens with one attached hydrogen (secondary N) is 1. The minimum atomic E-state index is 0. The number of rotatable bonds is 4. The maximum Gasteiger partial charge on any atom is 0.143 e. The monoisotopic (exact) mass is 333 g/mol. The van der Waals surface area contributed by atoms with Crippen LogP contribution < -0.4 is 11.1 Å². The molecule has 120 valence electrons. The van der Waals surface area contributed by atoms with Gasteiger partial charge in [0.15, 0.2) is 0 Å². The number of aromatic hydroxyl groups is 1. The van der Waals surface area contributed by atoms with Crippen molar-refractivity contribution in [2.75, 3.05) is 31.9 Å². The SMILES string of the molecule is C=CC[C@H](c1c(C)ccc(N)c1O)N1CCNCC1.Cl.Cl. The summed E-state index contributed by atoms with van der Waals surface area (Å²) in [5.74, 6) is 0.227. The van der Waals surface area contributed by atoms with E-state index >= 15 is 0 Å². The highest BCUT2D eigenvalue weighted by atomic mass is 35.5. The zero-order valence-corrected chi connectivity index (χ0v) is 14.0. The molecule has 1 atom stereocenters. The van der Waals surface area contributed by atoms with Crippen molar-refractivity contribution in [1.82, 2.24) is 10.2 Å². The van der Waals surface area contributed by atoms with Gasteiger partial charge in [-0.15, -0.1) is 31.4 Å². The second kappa shape index (κ2) is 9.15. The maximum absolute atomic E-state index is 10.3. The van der Waals surface area contributed by atoms with Crippen molar-refractivity contribution in [2.24, 2.45) is 0 Å². The van der Waals surface area contributed by atoms with E-state index in [4.69, 9.17) is 5.73 Å². The van der Waals surface area contributed by atoms with Crippen molar-refractivity contribution in [1.29, 1.82) is 0 Å². The van der Waals surface area contributed by atoms with Crippen LogP contribution in [0.3, 0.4) is 0 Å². The van der Waals surface area contributed by atoms with Crippen LogP contribution in [0, 0.1) is 6.92 Å². The Kier molecular flexibility index (Phi) is 8.74.